The van der Waals surface area contributed by atoms with Crippen LogP contribution in [0, 0.1) is 0 Å². The van der Waals surface area contributed by atoms with E-state index in [2.05, 4.69) is 5.32 Å². The van der Waals surface area contributed by atoms with Crippen LogP contribution >= 0.6 is 11.8 Å². The smallest absolute Gasteiger partial charge is 0.387 e. The van der Waals surface area contributed by atoms with Gasteiger partial charge in [0, 0.05) is 12.3 Å². The van der Waals surface area contributed by atoms with E-state index < -0.39 is 23.2 Å². The van der Waals surface area contributed by atoms with Gasteiger partial charge < -0.3 is 10.4 Å². The Kier molecular flexibility index (Phi) is 6.10. The fourth-order valence-corrected chi connectivity index (χ4v) is 2.56. The van der Waals surface area contributed by atoms with Crippen molar-refractivity contribution in [2.75, 3.05) is 18.6 Å². The van der Waals surface area contributed by atoms with E-state index in [4.69, 9.17) is 0 Å². The highest BCUT2D eigenvalue weighted by Crippen LogP contribution is 2.31. The number of carbonyl (C=O) groups excluding carboxylic acids is 1. The number of rotatable bonds is 6. The molecule has 0 saturated carbocycles. The molecule has 1 atom stereocenters. The van der Waals surface area contributed by atoms with Crippen molar-refractivity contribution in [2.24, 2.45) is 0 Å². The molecule has 118 valence electrons. The van der Waals surface area contributed by atoms with Crippen molar-refractivity contribution in [3.63, 3.8) is 0 Å². The van der Waals surface area contributed by atoms with E-state index in [0.717, 1.165) is 6.07 Å². The number of aliphatic hydroxyl groups is 1. The van der Waals surface area contributed by atoms with Crippen LogP contribution in [-0.2, 0) is 17.4 Å². The highest BCUT2D eigenvalue weighted by Gasteiger charge is 2.33. The number of alkyl halides is 3. The van der Waals surface area contributed by atoms with Gasteiger partial charge in [-0.1, -0.05) is 18.2 Å². The topological polar surface area (TPSA) is 49.3 Å². The van der Waals surface area contributed by atoms with E-state index in [1.807, 2.05) is 6.26 Å². The maximum absolute atomic E-state index is 12.8. The first-order valence-corrected chi connectivity index (χ1v) is 7.68. The average Bonchev–Trinajstić information content (AvgIpc) is 2.36. The molecule has 1 amide bonds. The molecule has 0 saturated heterocycles. The van der Waals surface area contributed by atoms with E-state index in [1.165, 1.54) is 30.0 Å². The number of amides is 1. The summed E-state index contributed by atoms with van der Waals surface area (Å²) in [5.74, 6) is -0.125. The van der Waals surface area contributed by atoms with Crippen LogP contribution in [-0.4, -0.2) is 35.2 Å². The van der Waals surface area contributed by atoms with Crippen molar-refractivity contribution >= 4 is 17.7 Å². The molecule has 3 nitrogen and oxygen atoms in total. The lowest BCUT2D eigenvalue weighted by Gasteiger charge is -2.22. The number of nitrogens with one attached hydrogen (secondary N) is 1. The highest BCUT2D eigenvalue weighted by atomic mass is 32.2. The molecule has 1 aromatic carbocycles. The zero-order valence-corrected chi connectivity index (χ0v) is 12.6. The minimum atomic E-state index is -4.48. The average molecular weight is 321 g/mol. The van der Waals surface area contributed by atoms with E-state index in [0.29, 0.717) is 5.75 Å². The molecule has 1 unspecified atom stereocenters. The Labute approximate surface area is 125 Å². The molecule has 1 aromatic rings. The first-order valence-electron chi connectivity index (χ1n) is 6.29. The van der Waals surface area contributed by atoms with Crippen LogP contribution in [0.3, 0.4) is 0 Å². The zero-order chi connectivity index (χ0) is 16.1. The van der Waals surface area contributed by atoms with Gasteiger partial charge in [-0.15, -0.1) is 0 Å². The largest absolute Gasteiger partial charge is 0.416 e. The second-order valence-corrected chi connectivity index (χ2v) is 5.90. The molecule has 0 heterocycles. The lowest BCUT2D eigenvalue weighted by atomic mass is 10.0. The molecule has 0 aliphatic carbocycles. The lowest BCUT2D eigenvalue weighted by Crippen LogP contribution is -2.43. The maximum Gasteiger partial charge on any atom is 0.416 e. The van der Waals surface area contributed by atoms with E-state index in [9.17, 15) is 23.1 Å². The fourth-order valence-electron chi connectivity index (χ4n) is 1.84. The second-order valence-electron chi connectivity index (χ2n) is 5.04. The molecule has 21 heavy (non-hydrogen) atoms. The molecule has 0 spiro atoms. The SMILES string of the molecule is CSCC(C)(O)CNC(=O)Cc1ccccc1C(F)(F)F. The van der Waals surface area contributed by atoms with Crippen LogP contribution in [0.4, 0.5) is 13.2 Å². The third-order valence-electron chi connectivity index (χ3n) is 2.80. The number of thioether (sulfide) groups is 1. The third-order valence-corrected chi connectivity index (χ3v) is 3.71. The van der Waals surface area contributed by atoms with Crippen LogP contribution in [0.5, 0.6) is 0 Å². The predicted octanol–water partition coefficient (Wildman–Crippen LogP) is 2.48. The molecule has 0 fully saturated rings. The molecule has 7 heteroatoms. The van der Waals surface area contributed by atoms with Crippen molar-refractivity contribution in [3.8, 4) is 0 Å². The zero-order valence-electron chi connectivity index (χ0n) is 11.8. The van der Waals surface area contributed by atoms with Gasteiger partial charge in [-0.2, -0.15) is 24.9 Å². The standard InChI is InChI=1S/C14H18F3NO2S/c1-13(20,9-21-2)8-18-12(19)7-10-5-3-4-6-11(10)14(15,16)17/h3-6,20H,7-9H2,1-2H3,(H,18,19). The van der Waals surface area contributed by atoms with Gasteiger partial charge >= 0.3 is 6.18 Å². The molecular weight excluding hydrogens is 303 g/mol. The van der Waals surface area contributed by atoms with E-state index in [-0.39, 0.29) is 18.5 Å². The second kappa shape index (κ2) is 7.17. The van der Waals surface area contributed by atoms with Crippen molar-refractivity contribution in [1.82, 2.24) is 5.32 Å². The fraction of sp³-hybridized carbons (Fsp3) is 0.500. The monoisotopic (exact) mass is 321 g/mol. The quantitative estimate of drug-likeness (QED) is 0.846. The number of carbonyl (C=O) groups is 1. The Morgan fingerprint density at radius 3 is 2.52 bits per heavy atom. The Bertz CT molecular complexity index is 489. The van der Waals surface area contributed by atoms with Crippen LogP contribution in [0.2, 0.25) is 0 Å². The summed E-state index contributed by atoms with van der Waals surface area (Å²) in [6, 6.07) is 4.98. The molecule has 0 aliphatic rings. The Hall–Kier alpha value is -1.21. The summed E-state index contributed by atoms with van der Waals surface area (Å²) in [4.78, 5) is 11.7. The van der Waals surface area contributed by atoms with Gasteiger partial charge in [-0.3, -0.25) is 4.79 Å². The predicted molar refractivity (Wildman–Crippen MR) is 77.2 cm³/mol. The number of hydrogen-bond acceptors (Lipinski definition) is 3. The third kappa shape index (κ3) is 5.97. The van der Waals surface area contributed by atoms with Gasteiger partial charge in [0.2, 0.25) is 5.91 Å². The summed E-state index contributed by atoms with van der Waals surface area (Å²) in [6.07, 6.45) is -3.04. The van der Waals surface area contributed by atoms with E-state index in [1.54, 1.807) is 6.92 Å². The number of halogens is 3. The lowest BCUT2D eigenvalue weighted by molar-refractivity contribution is -0.138. The van der Waals surface area contributed by atoms with Gasteiger partial charge in [-0.05, 0) is 24.8 Å². The van der Waals surface area contributed by atoms with Crippen LogP contribution in [0.25, 0.3) is 0 Å². The van der Waals surface area contributed by atoms with Gasteiger partial charge in [0.1, 0.15) is 0 Å². The summed E-state index contributed by atoms with van der Waals surface area (Å²) in [7, 11) is 0. The first kappa shape index (κ1) is 17.8. The van der Waals surface area contributed by atoms with Crippen molar-refractivity contribution in [2.45, 2.75) is 25.1 Å². The van der Waals surface area contributed by atoms with Gasteiger partial charge in [0.25, 0.3) is 0 Å². The molecule has 0 aliphatic heterocycles. The summed E-state index contributed by atoms with van der Waals surface area (Å²) >= 11 is 1.42. The summed E-state index contributed by atoms with van der Waals surface area (Å²) in [6.45, 7) is 1.56. The molecular formula is C14H18F3NO2S. The normalized spacial score (nSPS) is 14.6. The molecule has 2 N–H and O–H groups in total. The minimum absolute atomic E-state index is 0.000851. The summed E-state index contributed by atoms with van der Waals surface area (Å²) in [5, 5.41) is 12.4. The summed E-state index contributed by atoms with van der Waals surface area (Å²) < 4.78 is 38.4. The molecule has 1 rings (SSSR count). The Morgan fingerprint density at radius 1 is 1.33 bits per heavy atom. The van der Waals surface area contributed by atoms with Crippen LogP contribution in [0.15, 0.2) is 24.3 Å². The van der Waals surface area contributed by atoms with Gasteiger partial charge in [0.05, 0.1) is 17.6 Å². The summed E-state index contributed by atoms with van der Waals surface area (Å²) in [5.41, 5.74) is -1.97. The van der Waals surface area contributed by atoms with Crippen molar-refractivity contribution < 1.29 is 23.1 Å². The molecule has 0 radical (unpaired) electrons. The van der Waals surface area contributed by atoms with Crippen molar-refractivity contribution in [3.05, 3.63) is 35.4 Å². The van der Waals surface area contributed by atoms with Crippen LogP contribution < -0.4 is 5.32 Å². The molecule has 0 aromatic heterocycles. The number of benzene rings is 1. The number of hydrogen-bond donors (Lipinski definition) is 2. The van der Waals surface area contributed by atoms with Gasteiger partial charge in [0.15, 0.2) is 0 Å². The maximum atomic E-state index is 12.8. The molecule has 0 bridgehead atoms. The van der Waals surface area contributed by atoms with Gasteiger partial charge in [-0.25, -0.2) is 0 Å². The Morgan fingerprint density at radius 2 is 1.95 bits per heavy atom. The first-order chi connectivity index (χ1) is 9.65. The minimum Gasteiger partial charge on any atom is -0.387 e. The Balaban J connectivity index is 2.68. The van der Waals surface area contributed by atoms with E-state index >= 15 is 0 Å². The van der Waals surface area contributed by atoms with Crippen molar-refractivity contribution in [1.29, 1.82) is 0 Å². The van der Waals surface area contributed by atoms with Crippen LogP contribution in [0.1, 0.15) is 18.1 Å². The highest BCUT2D eigenvalue weighted by molar-refractivity contribution is 7.98.